The molecular weight excluding hydrogens is 604 g/mol. The van der Waals surface area contributed by atoms with Crippen molar-refractivity contribution in [2.75, 3.05) is 7.05 Å². The number of hydrogen-bond acceptors (Lipinski definition) is 4. The third-order valence-corrected chi connectivity index (χ3v) is 7.21. The van der Waals surface area contributed by atoms with Crippen molar-refractivity contribution >= 4 is 26.3 Å². The Labute approximate surface area is 208 Å². The van der Waals surface area contributed by atoms with E-state index in [2.05, 4.69) is 50.6 Å². The number of fused-ring (bicyclic) bond motifs is 1. The SMILES string of the molecule is CN/C=C\c1c(C=O)ncc2c1c(CNCc1ccc[c]([Hg])c1)cn2Cc1ccc(F)cc1. The molecule has 7 heteroatoms. The van der Waals surface area contributed by atoms with Gasteiger partial charge in [0.2, 0.25) is 0 Å². The maximum absolute atomic E-state index is 13.4. The number of benzene rings is 2. The van der Waals surface area contributed by atoms with Gasteiger partial charge in [-0.25, -0.2) is 4.39 Å². The summed E-state index contributed by atoms with van der Waals surface area (Å²) in [4.78, 5) is 16.1. The van der Waals surface area contributed by atoms with Gasteiger partial charge in [0.25, 0.3) is 0 Å². The van der Waals surface area contributed by atoms with Crippen molar-refractivity contribution in [2.24, 2.45) is 0 Å². The first-order valence-corrected chi connectivity index (χ1v) is 13.5. The molecule has 0 fully saturated rings. The Bertz CT molecular complexity index is 1300. The molecule has 0 saturated heterocycles. The van der Waals surface area contributed by atoms with Crippen molar-refractivity contribution in [1.29, 1.82) is 0 Å². The van der Waals surface area contributed by atoms with Gasteiger partial charge in [-0.3, -0.25) is 0 Å². The van der Waals surface area contributed by atoms with E-state index in [1.54, 1.807) is 24.5 Å². The summed E-state index contributed by atoms with van der Waals surface area (Å²) in [5.41, 5.74) is 5.46. The van der Waals surface area contributed by atoms with Gasteiger partial charge >= 0.3 is 180 Å². The Kier molecular flexibility index (Phi) is 7.67. The summed E-state index contributed by atoms with van der Waals surface area (Å²) >= 11 is 0.603. The standard InChI is InChI=1S/C26H24FN4O.Hg/c1-28-12-11-23-24(18-32)30-15-25-26(23)21(14-29-13-19-5-3-2-4-6-19)17-31(25)16-20-7-9-22(27)10-8-20;/h2-3,5-12,15,17-18,28-29H,13-14,16H2,1H3;/b12-11-;. The molecule has 2 N–H and O–H groups in total. The molecule has 2 aromatic heterocycles. The number of rotatable bonds is 9. The number of hydrogen-bond donors (Lipinski definition) is 2. The van der Waals surface area contributed by atoms with Crippen LogP contribution in [0.25, 0.3) is 17.0 Å². The molecule has 0 amide bonds. The summed E-state index contributed by atoms with van der Waals surface area (Å²) in [6, 6.07) is 15.2. The minimum absolute atomic E-state index is 0.252. The molecule has 0 aliphatic rings. The molecule has 4 rings (SSSR count). The Hall–Kier alpha value is -2.83. The van der Waals surface area contributed by atoms with Crippen molar-refractivity contribution in [1.82, 2.24) is 20.2 Å². The number of halogens is 1. The van der Waals surface area contributed by atoms with E-state index in [-0.39, 0.29) is 5.82 Å². The van der Waals surface area contributed by atoms with Gasteiger partial charge < -0.3 is 0 Å². The number of nitrogens with one attached hydrogen (secondary N) is 2. The van der Waals surface area contributed by atoms with Gasteiger partial charge in [-0.15, -0.1) is 0 Å². The van der Waals surface area contributed by atoms with Crippen LogP contribution in [0.5, 0.6) is 0 Å². The van der Waals surface area contributed by atoms with E-state index in [9.17, 15) is 9.18 Å². The van der Waals surface area contributed by atoms with Crippen LogP contribution in [-0.4, -0.2) is 22.9 Å². The molecule has 0 spiro atoms. The summed E-state index contributed by atoms with van der Waals surface area (Å²) in [7, 11) is 1.82. The molecule has 4 aromatic rings. The second-order valence-electron chi connectivity index (χ2n) is 7.89. The van der Waals surface area contributed by atoms with E-state index < -0.39 is 0 Å². The Morgan fingerprint density at radius 2 is 1.94 bits per heavy atom. The number of carbonyl (C=O) groups excluding carboxylic acids is 1. The van der Waals surface area contributed by atoms with E-state index in [4.69, 9.17) is 0 Å². The van der Waals surface area contributed by atoms with Crippen molar-refractivity contribution in [3.05, 3.63) is 101 Å². The fourth-order valence-electron chi connectivity index (χ4n) is 3.97. The summed E-state index contributed by atoms with van der Waals surface area (Å²) in [6.45, 7) is 1.99. The molecule has 0 aliphatic carbocycles. The first-order chi connectivity index (χ1) is 16.1. The van der Waals surface area contributed by atoms with Crippen molar-refractivity contribution in [3.63, 3.8) is 0 Å². The van der Waals surface area contributed by atoms with Crippen LogP contribution in [0.4, 0.5) is 4.39 Å². The smallest absolute Gasteiger partial charge is 0.207 e. The molecule has 0 saturated carbocycles. The molecule has 2 heterocycles. The van der Waals surface area contributed by atoms with Crippen molar-refractivity contribution in [2.45, 2.75) is 19.6 Å². The van der Waals surface area contributed by atoms with Gasteiger partial charge in [-0.2, -0.15) is 0 Å². The van der Waals surface area contributed by atoms with E-state index in [1.165, 1.54) is 20.8 Å². The third kappa shape index (κ3) is 5.57. The van der Waals surface area contributed by atoms with Crippen LogP contribution >= 0.6 is 0 Å². The number of aromatic nitrogens is 2. The fourth-order valence-corrected chi connectivity index (χ4v) is 5.52. The van der Waals surface area contributed by atoms with Gasteiger partial charge in [-0.1, -0.05) is 0 Å². The zero-order valence-corrected chi connectivity index (χ0v) is 24.0. The van der Waals surface area contributed by atoms with Crippen LogP contribution in [-0.2, 0) is 45.8 Å². The minimum atomic E-state index is -0.252. The first-order valence-electron chi connectivity index (χ1n) is 10.7. The van der Waals surface area contributed by atoms with E-state index >= 15 is 0 Å². The van der Waals surface area contributed by atoms with Gasteiger partial charge in [-0.05, 0) is 12.1 Å². The molecule has 0 radical (unpaired) electrons. The van der Waals surface area contributed by atoms with Gasteiger partial charge in [0, 0.05) is 7.05 Å². The van der Waals surface area contributed by atoms with Crippen LogP contribution in [0, 0.1) is 5.82 Å². The Morgan fingerprint density at radius 1 is 1.12 bits per heavy atom. The molecular formula is C26H24FHgN4O. The van der Waals surface area contributed by atoms with Gasteiger partial charge in [0.15, 0.2) is 0 Å². The van der Waals surface area contributed by atoms with Gasteiger partial charge in [0.1, 0.15) is 5.82 Å². The van der Waals surface area contributed by atoms with E-state index in [0.29, 0.717) is 44.9 Å². The second kappa shape index (κ2) is 10.9. The second-order valence-corrected chi connectivity index (χ2v) is 11.1. The summed E-state index contributed by atoms with van der Waals surface area (Å²) in [6.07, 6.45) is 8.32. The quantitative estimate of drug-likeness (QED) is 0.220. The Balaban J connectivity index is 1.72. The zero-order valence-electron chi connectivity index (χ0n) is 18.5. The monoisotopic (exact) mass is 629 g/mol. The average Bonchev–Trinajstić information content (AvgIpc) is 3.16. The molecule has 0 atom stereocenters. The predicted molar refractivity (Wildman–Crippen MR) is 125 cm³/mol. The topological polar surface area (TPSA) is 59.0 Å². The molecule has 2 aromatic carbocycles. The fraction of sp³-hybridized carbons (Fsp3) is 0.154. The number of pyridine rings is 1. The maximum atomic E-state index is 13.4. The molecule has 5 nitrogen and oxygen atoms in total. The zero-order chi connectivity index (χ0) is 23.2. The van der Waals surface area contributed by atoms with E-state index in [0.717, 1.165) is 40.4 Å². The number of carbonyl (C=O) groups is 1. The molecule has 0 aliphatic heterocycles. The van der Waals surface area contributed by atoms with Crippen LogP contribution in [0.15, 0.2) is 67.1 Å². The number of aldehydes is 1. The normalized spacial score (nSPS) is 11.4. The van der Waals surface area contributed by atoms with Crippen molar-refractivity contribution in [3.8, 4) is 0 Å². The summed E-state index contributed by atoms with van der Waals surface area (Å²) in [5.74, 6) is -0.252. The summed E-state index contributed by atoms with van der Waals surface area (Å²) in [5, 5.41) is 7.54. The molecule has 0 bridgehead atoms. The van der Waals surface area contributed by atoms with Crippen LogP contribution < -0.4 is 13.7 Å². The molecule has 163 valence electrons. The van der Waals surface area contributed by atoms with Crippen LogP contribution in [0.2, 0.25) is 0 Å². The van der Waals surface area contributed by atoms with Gasteiger partial charge in [0.05, 0.1) is 0 Å². The summed E-state index contributed by atoms with van der Waals surface area (Å²) < 4.78 is 16.9. The molecule has 33 heavy (non-hydrogen) atoms. The Morgan fingerprint density at radius 3 is 2.67 bits per heavy atom. The van der Waals surface area contributed by atoms with Crippen LogP contribution in [0.1, 0.15) is 32.7 Å². The number of nitrogens with zero attached hydrogens (tertiary/aromatic N) is 2. The average molecular weight is 628 g/mol. The van der Waals surface area contributed by atoms with Crippen molar-refractivity contribution < 1.29 is 35.3 Å². The molecule has 0 unspecified atom stereocenters. The van der Waals surface area contributed by atoms with Crippen LogP contribution in [0.3, 0.4) is 0 Å². The first kappa shape index (κ1) is 23.3. The predicted octanol–water partition coefficient (Wildman–Crippen LogP) is 3.69. The third-order valence-electron chi connectivity index (χ3n) is 5.50. The van der Waals surface area contributed by atoms with E-state index in [1.807, 2.05) is 13.1 Å². The minimum Gasteiger partial charge on any atom is -0.207 e.